The van der Waals surface area contributed by atoms with E-state index in [2.05, 4.69) is 10.3 Å². The fourth-order valence-electron chi connectivity index (χ4n) is 5.40. The second-order valence-corrected chi connectivity index (χ2v) is 9.68. The standard InChI is InChI=1S/C28H12Cl2N2O4/c29-15-5-1-3-11-19(15)25(33)13-7-9-17-23(21(13)27(11)35)31-18-10-8-14-22(24(18)32-17)28(36)12-4-2-6-16(30)20(12)26(14)34/h1-10,23,31H/p+1. The monoisotopic (exact) mass is 511 g/mol. The molecule has 172 valence electrons. The van der Waals surface area contributed by atoms with Gasteiger partial charge in [0.05, 0.1) is 21.2 Å². The molecule has 0 radical (unpaired) electrons. The highest BCUT2D eigenvalue weighted by Crippen LogP contribution is 2.40. The van der Waals surface area contributed by atoms with Crippen LogP contribution in [0.4, 0.5) is 11.4 Å². The zero-order chi connectivity index (χ0) is 24.9. The molecule has 8 heteroatoms. The van der Waals surface area contributed by atoms with Crippen LogP contribution in [0.1, 0.15) is 52.6 Å². The lowest BCUT2D eigenvalue weighted by molar-refractivity contribution is -0.355. The Morgan fingerprint density at radius 2 is 1.28 bits per heavy atom. The molecule has 7 rings (SSSR count). The SMILES string of the molecule is O=C1C2=C(C=CC3=[NH+]c4c(ccc5c4C(=O)c4cccc(Cl)c4C5=O)NC32)C(=O)c2c(Cl)cccc21. The molecule has 6 nitrogen and oxygen atoms in total. The predicted molar refractivity (Wildman–Crippen MR) is 134 cm³/mol. The van der Waals surface area contributed by atoms with Crippen molar-refractivity contribution in [2.24, 2.45) is 0 Å². The largest absolute Gasteiger partial charge is 0.364 e. The van der Waals surface area contributed by atoms with Crippen LogP contribution >= 0.6 is 23.2 Å². The average molecular weight is 512 g/mol. The molecule has 1 unspecified atom stereocenters. The number of anilines is 1. The van der Waals surface area contributed by atoms with Gasteiger partial charge in [0, 0.05) is 33.9 Å². The van der Waals surface area contributed by atoms with Gasteiger partial charge in [0.15, 0.2) is 17.3 Å². The Bertz CT molecular complexity index is 1760. The fourth-order valence-corrected chi connectivity index (χ4v) is 5.92. The van der Waals surface area contributed by atoms with Crippen LogP contribution in [0, 0.1) is 0 Å². The number of fused-ring (bicyclic) bond motifs is 7. The Morgan fingerprint density at radius 3 is 2.00 bits per heavy atom. The van der Waals surface area contributed by atoms with Crippen molar-refractivity contribution in [2.75, 3.05) is 5.32 Å². The van der Waals surface area contributed by atoms with E-state index in [-0.39, 0.29) is 72.1 Å². The molecule has 3 aliphatic carbocycles. The molecular formula is C28H13Cl2N2O4+. The first-order valence-electron chi connectivity index (χ1n) is 11.1. The van der Waals surface area contributed by atoms with E-state index in [9.17, 15) is 19.2 Å². The van der Waals surface area contributed by atoms with Gasteiger partial charge in [0.25, 0.3) is 0 Å². The van der Waals surface area contributed by atoms with Crippen LogP contribution in [-0.2, 0) is 0 Å². The number of nitrogens with one attached hydrogen (secondary N) is 2. The summed E-state index contributed by atoms with van der Waals surface area (Å²) < 4.78 is 0. The summed E-state index contributed by atoms with van der Waals surface area (Å²) >= 11 is 12.5. The maximum atomic E-state index is 13.5. The lowest BCUT2D eigenvalue weighted by atomic mass is 9.76. The highest BCUT2D eigenvalue weighted by atomic mass is 35.5. The van der Waals surface area contributed by atoms with E-state index >= 15 is 0 Å². The van der Waals surface area contributed by atoms with Gasteiger partial charge in [-0.05, 0) is 30.3 Å². The van der Waals surface area contributed by atoms with Crippen LogP contribution in [0.5, 0.6) is 0 Å². The number of ketones is 4. The second kappa shape index (κ2) is 7.20. The van der Waals surface area contributed by atoms with Crippen LogP contribution in [0.2, 0.25) is 10.0 Å². The zero-order valence-corrected chi connectivity index (χ0v) is 19.8. The lowest BCUT2D eigenvalue weighted by Gasteiger charge is -2.31. The normalized spacial score (nSPS) is 18.9. The number of hydrogen-bond acceptors (Lipinski definition) is 5. The summed E-state index contributed by atoms with van der Waals surface area (Å²) in [6.45, 7) is 0. The van der Waals surface area contributed by atoms with Gasteiger partial charge in [-0.15, -0.1) is 0 Å². The molecule has 1 heterocycles. The van der Waals surface area contributed by atoms with Crippen LogP contribution in [0.3, 0.4) is 0 Å². The fraction of sp³-hybridized carbons (Fsp3) is 0.0357. The molecule has 0 amide bonds. The third-order valence-electron chi connectivity index (χ3n) is 7.03. The van der Waals surface area contributed by atoms with E-state index < -0.39 is 6.04 Å². The number of hydrogen-bond donors (Lipinski definition) is 2. The first-order chi connectivity index (χ1) is 17.4. The molecule has 0 aromatic heterocycles. The number of Topliss-reactive ketones (excluding diaryl/α,β-unsaturated/α-hetero) is 2. The van der Waals surface area contributed by atoms with E-state index in [1.165, 1.54) is 0 Å². The van der Waals surface area contributed by atoms with E-state index in [0.29, 0.717) is 22.7 Å². The summed E-state index contributed by atoms with van der Waals surface area (Å²) in [5, 5.41) is 3.77. The summed E-state index contributed by atoms with van der Waals surface area (Å²) in [5.74, 6) is -1.25. The molecule has 2 N–H and O–H groups in total. The number of carbonyl (C=O) groups excluding carboxylic acids is 4. The minimum atomic E-state index is -0.643. The maximum absolute atomic E-state index is 13.5. The third-order valence-corrected chi connectivity index (χ3v) is 7.66. The van der Waals surface area contributed by atoms with Gasteiger partial charge in [0.2, 0.25) is 17.2 Å². The first kappa shape index (κ1) is 21.2. The van der Waals surface area contributed by atoms with Gasteiger partial charge >= 0.3 is 0 Å². The third kappa shape index (κ3) is 2.60. The van der Waals surface area contributed by atoms with Crippen molar-refractivity contribution >= 4 is 63.4 Å². The van der Waals surface area contributed by atoms with Gasteiger partial charge in [0.1, 0.15) is 17.3 Å². The van der Waals surface area contributed by atoms with Crippen LogP contribution in [0.15, 0.2) is 71.8 Å². The summed E-state index contributed by atoms with van der Waals surface area (Å²) in [6, 6.07) is 12.3. The topological polar surface area (TPSA) is 94.3 Å². The number of halogens is 2. The Hall–Kier alpha value is -4.13. The minimum absolute atomic E-state index is 0.196. The van der Waals surface area contributed by atoms with Gasteiger partial charge in [-0.2, -0.15) is 0 Å². The molecule has 36 heavy (non-hydrogen) atoms. The molecule has 1 atom stereocenters. The van der Waals surface area contributed by atoms with Crippen LogP contribution in [0.25, 0.3) is 0 Å². The molecular weight excluding hydrogens is 499 g/mol. The average Bonchev–Trinajstić information content (AvgIpc) is 2.87. The Morgan fingerprint density at radius 1 is 0.667 bits per heavy atom. The highest BCUT2D eigenvalue weighted by molar-refractivity contribution is 6.41. The van der Waals surface area contributed by atoms with E-state index in [1.807, 2.05) is 0 Å². The van der Waals surface area contributed by atoms with Gasteiger partial charge in [-0.25, -0.2) is 4.99 Å². The van der Waals surface area contributed by atoms with Crippen molar-refractivity contribution in [3.05, 3.63) is 115 Å². The summed E-state index contributed by atoms with van der Waals surface area (Å²) in [6.07, 6.45) is 3.29. The van der Waals surface area contributed by atoms with Crippen molar-refractivity contribution in [3.8, 4) is 0 Å². The Labute approximate surface area is 213 Å². The van der Waals surface area contributed by atoms with Crippen molar-refractivity contribution in [2.45, 2.75) is 6.04 Å². The molecule has 4 aliphatic rings. The minimum Gasteiger partial charge on any atom is -0.364 e. The van der Waals surface area contributed by atoms with Crippen LogP contribution in [-0.4, -0.2) is 34.9 Å². The van der Waals surface area contributed by atoms with E-state index in [0.717, 1.165) is 0 Å². The smallest absolute Gasteiger partial charge is 0.239 e. The maximum Gasteiger partial charge on any atom is 0.239 e. The molecule has 3 aromatic carbocycles. The molecule has 0 fully saturated rings. The lowest BCUT2D eigenvalue weighted by Crippen LogP contribution is -2.74. The Kier molecular flexibility index (Phi) is 4.23. The molecule has 1 aliphatic heterocycles. The van der Waals surface area contributed by atoms with Crippen molar-refractivity contribution in [1.29, 1.82) is 0 Å². The number of rotatable bonds is 0. The van der Waals surface area contributed by atoms with Gasteiger partial charge in [-0.3, -0.25) is 19.2 Å². The van der Waals surface area contributed by atoms with E-state index in [4.69, 9.17) is 23.2 Å². The van der Waals surface area contributed by atoms with Crippen molar-refractivity contribution in [1.82, 2.24) is 0 Å². The number of benzene rings is 3. The first-order valence-corrected chi connectivity index (χ1v) is 11.9. The van der Waals surface area contributed by atoms with Crippen LogP contribution < -0.4 is 10.3 Å². The zero-order valence-electron chi connectivity index (χ0n) is 18.2. The van der Waals surface area contributed by atoms with E-state index in [1.54, 1.807) is 60.7 Å². The quantitative estimate of drug-likeness (QED) is 0.375. The molecule has 3 aromatic rings. The number of allylic oxidation sites excluding steroid dienone is 2. The molecule has 0 saturated heterocycles. The molecule has 0 spiro atoms. The summed E-state index contributed by atoms with van der Waals surface area (Å²) in [5.41, 5.74) is 3.53. The van der Waals surface area contributed by atoms with Crippen molar-refractivity contribution < 1.29 is 24.2 Å². The number of carbonyl (C=O) groups is 4. The van der Waals surface area contributed by atoms with Gasteiger partial charge < -0.3 is 5.32 Å². The Balaban J connectivity index is 1.39. The van der Waals surface area contributed by atoms with Crippen molar-refractivity contribution in [3.63, 3.8) is 0 Å². The molecule has 0 saturated carbocycles. The molecule has 0 bridgehead atoms. The van der Waals surface area contributed by atoms with Gasteiger partial charge in [-0.1, -0.05) is 47.5 Å². The highest BCUT2D eigenvalue weighted by Gasteiger charge is 2.45. The second-order valence-electron chi connectivity index (χ2n) is 8.87. The summed E-state index contributed by atoms with van der Waals surface area (Å²) in [4.78, 5) is 56.8. The predicted octanol–water partition coefficient (Wildman–Crippen LogP) is 3.66. The summed E-state index contributed by atoms with van der Waals surface area (Å²) in [7, 11) is 0.